The van der Waals surface area contributed by atoms with Gasteiger partial charge in [0.05, 0.1) is 28.4 Å². The molecule has 0 aliphatic rings. The Morgan fingerprint density at radius 2 is 1.44 bits per heavy atom. The SMILES string of the molecule is COc1cc(OC)c(OC)cc1/C=C/C(C)c1cc(C=O)cc(OC)c1O. The number of carbonyl (C=O) groups excluding carboxylic acids is 1. The predicted octanol–water partition coefficient (Wildman–Crippen LogP) is 4.06. The van der Waals surface area contributed by atoms with Crippen LogP contribution in [0.5, 0.6) is 28.7 Å². The Morgan fingerprint density at radius 1 is 0.852 bits per heavy atom. The summed E-state index contributed by atoms with van der Waals surface area (Å²) in [7, 11) is 6.15. The van der Waals surface area contributed by atoms with E-state index in [2.05, 4.69) is 0 Å². The van der Waals surface area contributed by atoms with Gasteiger partial charge >= 0.3 is 0 Å². The normalized spacial score (nSPS) is 11.9. The molecule has 6 heteroatoms. The molecule has 2 aromatic rings. The Balaban J connectivity index is 2.42. The zero-order valence-electron chi connectivity index (χ0n) is 16.1. The summed E-state index contributed by atoms with van der Waals surface area (Å²) >= 11 is 0. The number of methoxy groups -OCH3 is 4. The van der Waals surface area contributed by atoms with Crippen molar-refractivity contribution < 1.29 is 28.8 Å². The van der Waals surface area contributed by atoms with Gasteiger partial charge in [0, 0.05) is 28.7 Å². The van der Waals surface area contributed by atoms with Gasteiger partial charge in [-0.25, -0.2) is 0 Å². The first-order valence-electron chi connectivity index (χ1n) is 8.33. The Kier molecular flexibility index (Phi) is 6.71. The monoisotopic (exact) mass is 372 g/mol. The highest BCUT2D eigenvalue weighted by atomic mass is 16.5. The largest absolute Gasteiger partial charge is 0.504 e. The molecule has 0 spiro atoms. The number of carbonyl (C=O) groups is 1. The van der Waals surface area contributed by atoms with Crippen LogP contribution in [-0.2, 0) is 0 Å². The number of hydrogen-bond acceptors (Lipinski definition) is 6. The summed E-state index contributed by atoms with van der Waals surface area (Å²) in [5.41, 5.74) is 1.82. The van der Waals surface area contributed by atoms with Crippen molar-refractivity contribution in [3.63, 3.8) is 0 Å². The zero-order valence-corrected chi connectivity index (χ0v) is 16.1. The fourth-order valence-corrected chi connectivity index (χ4v) is 2.76. The molecule has 0 radical (unpaired) electrons. The van der Waals surface area contributed by atoms with E-state index in [4.69, 9.17) is 18.9 Å². The molecule has 0 aliphatic heterocycles. The highest BCUT2D eigenvalue weighted by Gasteiger charge is 2.15. The first-order chi connectivity index (χ1) is 13.0. The van der Waals surface area contributed by atoms with E-state index < -0.39 is 0 Å². The topological polar surface area (TPSA) is 74.2 Å². The van der Waals surface area contributed by atoms with Crippen molar-refractivity contribution in [1.82, 2.24) is 0 Å². The fraction of sp³-hybridized carbons (Fsp3) is 0.286. The van der Waals surface area contributed by atoms with Crippen LogP contribution in [0.15, 0.2) is 30.3 Å². The van der Waals surface area contributed by atoms with Crippen LogP contribution in [0.1, 0.15) is 34.3 Å². The van der Waals surface area contributed by atoms with Crippen LogP contribution in [-0.4, -0.2) is 39.8 Å². The zero-order chi connectivity index (χ0) is 20.0. The Bertz CT molecular complexity index is 841. The van der Waals surface area contributed by atoms with Gasteiger partial charge in [0.2, 0.25) is 0 Å². The van der Waals surface area contributed by atoms with Gasteiger partial charge < -0.3 is 24.1 Å². The molecule has 0 fully saturated rings. The van der Waals surface area contributed by atoms with Crippen molar-refractivity contribution in [2.75, 3.05) is 28.4 Å². The minimum atomic E-state index is -0.184. The molecule has 0 heterocycles. The molecule has 144 valence electrons. The number of rotatable bonds is 8. The van der Waals surface area contributed by atoms with Crippen molar-refractivity contribution in [1.29, 1.82) is 0 Å². The molecule has 1 N–H and O–H groups in total. The van der Waals surface area contributed by atoms with Crippen molar-refractivity contribution in [3.05, 3.63) is 47.0 Å². The van der Waals surface area contributed by atoms with Crippen LogP contribution in [0.2, 0.25) is 0 Å². The van der Waals surface area contributed by atoms with E-state index >= 15 is 0 Å². The fourth-order valence-electron chi connectivity index (χ4n) is 2.76. The summed E-state index contributed by atoms with van der Waals surface area (Å²) in [6, 6.07) is 6.70. The molecule has 2 aromatic carbocycles. The molecule has 0 aromatic heterocycles. The molecule has 2 rings (SSSR count). The highest BCUT2D eigenvalue weighted by molar-refractivity contribution is 5.77. The third-order valence-electron chi connectivity index (χ3n) is 4.27. The van der Waals surface area contributed by atoms with Crippen LogP contribution in [0.25, 0.3) is 6.08 Å². The maximum absolute atomic E-state index is 11.2. The summed E-state index contributed by atoms with van der Waals surface area (Å²) < 4.78 is 21.2. The lowest BCUT2D eigenvalue weighted by atomic mass is 9.96. The molecule has 1 atom stereocenters. The van der Waals surface area contributed by atoms with E-state index in [-0.39, 0.29) is 17.4 Å². The molecule has 0 saturated heterocycles. The van der Waals surface area contributed by atoms with Gasteiger partial charge in [-0.05, 0) is 18.2 Å². The lowest BCUT2D eigenvalue weighted by Crippen LogP contribution is -1.97. The molecule has 6 nitrogen and oxygen atoms in total. The van der Waals surface area contributed by atoms with Gasteiger partial charge in [0.25, 0.3) is 0 Å². The van der Waals surface area contributed by atoms with Crippen LogP contribution in [0.4, 0.5) is 0 Å². The van der Waals surface area contributed by atoms with Crippen LogP contribution >= 0.6 is 0 Å². The lowest BCUT2D eigenvalue weighted by molar-refractivity contribution is 0.112. The van der Waals surface area contributed by atoms with E-state index in [1.54, 1.807) is 33.5 Å². The summed E-state index contributed by atoms with van der Waals surface area (Å²) in [5, 5.41) is 10.4. The summed E-state index contributed by atoms with van der Waals surface area (Å²) in [4.78, 5) is 11.2. The highest BCUT2D eigenvalue weighted by Crippen LogP contribution is 2.38. The van der Waals surface area contributed by atoms with Gasteiger partial charge in [0.15, 0.2) is 23.0 Å². The Morgan fingerprint density at radius 3 is 2.00 bits per heavy atom. The van der Waals surface area contributed by atoms with Crippen molar-refractivity contribution in [3.8, 4) is 28.7 Å². The van der Waals surface area contributed by atoms with E-state index in [1.807, 2.05) is 25.1 Å². The second kappa shape index (κ2) is 8.98. The first kappa shape index (κ1) is 20.2. The minimum absolute atomic E-state index is 0.0135. The van der Waals surface area contributed by atoms with E-state index in [0.29, 0.717) is 28.4 Å². The second-order valence-corrected chi connectivity index (χ2v) is 5.88. The third kappa shape index (κ3) is 4.34. The van der Waals surface area contributed by atoms with E-state index in [1.165, 1.54) is 13.2 Å². The Hall–Kier alpha value is -3.15. The van der Waals surface area contributed by atoms with Crippen molar-refractivity contribution in [2.24, 2.45) is 0 Å². The molecule has 1 unspecified atom stereocenters. The number of hydrogen-bond donors (Lipinski definition) is 1. The average Bonchev–Trinajstić information content (AvgIpc) is 2.71. The summed E-state index contributed by atoms with van der Waals surface area (Å²) in [5.74, 6) is 1.87. The number of phenols is 1. The van der Waals surface area contributed by atoms with Gasteiger partial charge in [0.1, 0.15) is 12.0 Å². The standard InChI is InChI=1S/C21H24O6/c1-13(16-8-14(12-22)9-20(27-5)21(16)23)6-7-15-10-18(25-3)19(26-4)11-17(15)24-2/h6-13,23H,1-5H3/b7-6+. The number of allylic oxidation sites excluding steroid dienone is 1. The quantitative estimate of drug-likeness (QED) is 0.705. The van der Waals surface area contributed by atoms with E-state index in [9.17, 15) is 9.90 Å². The van der Waals surface area contributed by atoms with Gasteiger partial charge in [-0.1, -0.05) is 19.1 Å². The van der Waals surface area contributed by atoms with Crippen molar-refractivity contribution in [2.45, 2.75) is 12.8 Å². The number of ether oxygens (including phenoxy) is 4. The van der Waals surface area contributed by atoms with Crippen molar-refractivity contribution >= 4 is 12.4 Å². The van der Waals surface area contributed by atoms with Crippen LogP contribution in [0.3, 0.4) is 0 Å². The lowest BCUT2D eigenvalue weighted by Gasteiger charge is -2.15. The average molecular weight is 372 g/mol. The van der Waals surface area contributed by atoms with E-state index in [0.717, 1.165) is 11.8 Å². The van der Waals surface area contributed by atoms with Crippen LogP contribution < -0.4 is 18.9 Å². The summed E-state index contributed by atoms with van der Waals surface area (Å²) in [6.07, 6.45) is 4.48. The molecule has 0 amide bonds. The number of phenolic OH excluding ortho intramolecular Hbond substituents is 1. The minimum Gasteiger partial charge on any atom is -0.504 e. The molecular formula is C21H24O6. The summed E-state index contributed by atoms with van der Waals surface area (Å²) in [6.45, 7) is 1.91. The Labute approximate surface area is 158 Å². The number of aromatic hydroxyl groups is 1. The van der Waals surface area contributed by atoms with Gasteiger partial charge in [-0.2, -0.15) is 0 Å². The smallest absolute Gasteiger partial charge is 0.164 e. The predicted molar refractivity (Wildman–Crippen MR) is 104 cm³/mol. The second-order valence-electron chi connectivity index (χ2n) is 5.88. The molecule has 0 bridgehead atoms. The molecular weight excluding hydrogens is 348 g/mol. The maximum atomic E-state index is 11.2. The maximum Gasteiger partial charge on any atom is 0.164 e. The van der Waals surface area contributed by atoms with Gasteiger partial charge in [-0.3, -0.25) is 4.79 Å². The number of aldehydes is 1. The molecule has 0 saturated carbocycles. The third-order valence-corrected chi connectivity index (χ3v) is 4.27. The number of benzene rings is 2. The van der Waals surface area contributed by atoms with Gasteiger partial charge in [-0.15, -0.1) is 0 Å². The first-order valence-corrected chi connectivity index (χ1v) is 8.33. The molecule has 0 aliphatic carbocycles. The van der Waals surface area contributed by atoms with Crippen LogP contribution in [0, 0.1) is 0 Å². The molecule has 27 heavy (non-hydrogen) atoms.